The molecule has 0 amide bonds. The zero-order valence-corrected chi connectivity index (χ0v) is 20.5. The minimum absolute atomic E-state index is 0. The number of halogens is 1. The first-order valence-electron chi connectivity index (χ1n) is 9.29. The van der Waals surface area contributed by atoms with Crippen molar-refractivity contribution in [1.82, 2.24) is 10.2 Å². The van der Waals surface area contributed by atoms with Crippen molar-refractivity contribution < 1.29 is 17.9 Å². The van der Waals surface area contributed by atoms with Gasteiger partial charge in [-0.25, -0.2) is 13.4 Å². The van der Waals surface area contributed by atoms with Gasteiger partial charge >= 0.3 is 0 Å². The average molecular weight is 525 g/mol. The van der Waals surface area contributed by atoms with Crippen LogP contribution in [-0.2, 0) is 16.4 Å². The first kappa shape index (κ1) is 24.8. The highest BCUT2D eigenvalue weighted by Gasteiger charge is 2.40. The monoisotopic (exact) mass is 525 g/mol. The van der Waals surface area contributed by atoms with Crippen LogP contribution in [0.15, 0.2) is 23.2 Å². The first-order chi connectivity index (χ1) is 12.7. The number of benzene rings is 1. The molecule has 1 heterocycles. The van der Waals surface area contributed by atoms with Crippen LogP contribution in [0, 0.1) is 0 Å². The molecule has 1 aromatic carbocycles. The van der Waals surface area contributed by atoms with Crippen molar-refractivity contribution in [2.45, 2.75) is 39.0 Å². The van der Waals surface area contributed by atoms with E-state index in [1.165, 1.54) is 0 Å². The van der Waals surface area contributed by atoms with Crippen LogP contribution in [-0.4, -0.2) is 63.1 Å². The van der Waals surface area contributed by atoms with Gasteiger partial charge in [0, 0.05) is 19.6 Å². The molecule has 0 unspecified atom stereocenters. The van der Waals surface area contributed by atoms with Gasteiger partial charge in [-0.1, -0.05) is 6.07 Å². The fourth-order valence-electron chi connectivity index (χ4n) is 3.00. The van der Waals surface area contributed by atoms with E-state index in [1.807, 2.05) is 36.9 Å². The van der Waals surface area contributed by atoms with Gasteiger partial charge in [0.25, 0.3) is 0 Å². The molecule has 28 heavy (non-hydrogen) atoms. The molecule has 9 heteroatoms. The molecule has 1 fully saturated rings. The summed E-state index contributed by atoms with van der Waals surface area (Å²) < 4.78 is 34.7. The summed E-state index contributed by atoms with van der Waals surface area (Å²) in [7, 11) is -1.47. The SMILES string of the molecule is CCNC(=NCc1ccc(OC)c(OCC)c1)N1CCS(=O)(=O)C(C)(C)C1.I. The van der Waals surface area contributed by atoms with Gasteiger partial charge in [-0.15, -0.1) is 24.0 Å². The maximum atomic E-state index is 12.3. The van der Waals surface area contributed by atoms with Gasteiger partial charge in [0.2, 0.25) is 0 Å². The number of rotatable bonds is 6. The van der Waals surface area contributed by atoms with Crippen molar-refractivity contribution >= 4 is 39.8 Å². The fourth-order valence-corrected chi connectivity index (χ4v) is 4.37. The second kappa shape index (κ2) is 10.5. The molecule has 0 radical (unpaired) electrons. The number of guanidine groups is 1. The topological polar surface area (TPSA) is 80.2 Å². The maximum absolute atomic E-state index is 12.3. The summed E-state index contributed by atoms with van der Waals surface area (Å²) in [6.07, 6.45) is 0. The van der Waals surface area contributed by atoms with Crippen molar-refractivity contribution in [2.75, 3.05) is 39.1 Å². The van der Waals surface area contributed by atoms with Gasteiger partial charge in [-0.3, -0.25) is 0 Å². The molecule has 7 nitrogen and oxygen atoms in total. The van der Waals surface area contributed by atoms with Crippen LogP contribution in [0.1, 0.15) is 33.3 Å². The van der Waals surface area contributed by atoms with Gasteiger partial charge in [-0.2, -0.15) is 0 Å². The molecule has 1 aliphatic heterocycles. The number of sulfone groups is 1. The smallest absolute Gasteiger partial charge is 0.194 e. The second-order valence-electron chi connectivity index (χ2n) is 7.09. The standard InChI is InChI=1S/C19H31N3O4S.HI/c1-6-20-18(22-10-11-27(23,24)19(3,4)14-22)21-13-15-8-9-16(25-5)17(12-15)26-7-2;/h8-9,12H,6-7,10-11,13-14H2,1-5H3,(H,20,21);1H. The quantitative estimate of drug-likeness (QED) is 0.350. The third-order valence-electron chi connectivity index (χ3n) is 4.62. The van der Waals surface area contributed by atoms with Crippen LogP contribution in [0.3, 0.4) is 0 Å². The summed E-state index contributed by atoms with van der Waals surface area (Å²) in [5, 5.41) is 3.28. The van der Waals surface area contributed by atoms with E-state index in [-0.39, 0.29) is 29.7 Å². The van der Waals surface area contributed by atoms with Gasteiger partial charge in [0.15, 0.2) is 27.3 Å². The van der Waals surface area contributed by atoms with E-state index in [0.717, 1.165) is 18.1 Å². The number of ether oxygens (including phenoxy) is 2. The lowest BCUT2D eigenvalue weighted by Gasteiger charge is -2.39. The Labute approximate surface area is 185 Å². The molecule has 1 aliphatic rings. The van der Waals surface area contributed by atoms with Crippen molar-refractivity contribution in [3.05, 3.63) is 23.8 Å². The molecule has 160 valence electrons. The van der Waals surface area contributed by atoms with E-state index in [4.69, 9.17) is 14.5 Å². The second-order valence-corrected chi connectivity index (χ2v) is 9.83. The Bertz CT molecular complexity index is 781. The van der Waals surface area contributed by atoms with Gasteiger partial charge in [-0.05, 0) is 45.4 Å². The third kappa shape index (κ3) is 5.88. The van der Waals surface area contributed by atoms with Crippen LogP contribution in [0.2, 0.25) is 0 Å². The molecule has 0 spiro atoms. The van der Waals surface area contributed by atoms with E-state index in [2.05, 4.69) is 5.32 Å². The third-order valence-corrected chi connectivity index (χ3v) is 7.15. The Hall–Kier alpha value is -1.23. The largest absolute Gasteiger partial charge is 0.493 e. The van der Waals surface area contributed by atoms with E-state index in [0.29, 0.717) is 37.7 Å². The van der Waals surface area contributed by atoms with Crippen LogP contribution < -0.4 is 14.8 Å². The summed E-state index contributed by atoms with van der Waals surface area (Å²) in [4.78, 5) is 6.74. The summed E-state index contributed by atoms with van der Waals surface area (Å²) in [6.45, 7) is 10.1. The summed E-state index contributed by atoms with van der Waals surface area (Å²) >= 11 is 0. The number of hydrogen-bond donors (Lipinski definition) is 1. The van der Waals surface area contributed by atoms with Crippen molar-refractivity contribution in [2.24, 2.45) is 4.99 Å². The molecule has 0 bridgehead atoms. The molecular formula is C19H32IN3O4S. The highest BCUT2D eigenvalue weighted by Crippen LogP contribution is 2.28. The Kier molecular flexibility index (Phi) is 9.32. The van der Waals surface area contributed by atoms with Crippen LogP contribution in [0.25, 0.3) is 0 Å². The Balaban J connectivity index is 0.00000392. The van der Waals surface area contributed by atoms with Crippen LogP contribution in [0.5, 0.6) is 11.5 Å². The minimum Gasteiger partial charge on any atom is -0.493 e. The zero-order chi connectivity index (χ0) is 20.1. The predicted molar refractivity (Wildman–Crippen MR) is 124 cm³/mol. The number of methoxy groups -OCH3 is 1. The predicted octanol–water partition coefficient (Wildman–Crippen LogP) is 2.69. The van der Waals surface area contributed by atoms with Gasteiger partial charge in [0.1, 0.15) is 0 Å². The molecule has 0 aliphatic carbocycles. The van der Waals surface area contributed by atoms with E-state index in [9.17, 15) is 8.42 Å². The molecule has 1 saturated heterocycles. The van der Waals surface area contributed by atoms with E-state index >= 15 is 0 Å². The highest BCUT2D eigenvalue weighted by molar-refractivity contribution is 14.0. The van der Waals surface area contributed by atoms with Crippen molar-refractivity contribution in [3.8, 4) is 11.5 Å². The molecular weight excluding hydrogens is 493 g/mol. The zero-order valence-electron chi connectivity index (χ0n) is 17.3. The van der Waals surface area contributed by atoms with Crippen molar-refractivity contribution in [3.63, 3.8) is 0 Å². The Morgan fingerprint density at radius 1 is 1.29 bits per heavy atom. The fraction of sp³-hybridized carbons (Fsp3) is 0.632. The lowest BCUT2D eigenvalue weighted by Crippen LogP contribution is -2.57. The first-order valence-corrected chi connectivity index (χ1v) is 10.9. The Morgan fingerprint density at radius 2 is 2.00 bits per heavy atom. The van der Waals surface area contributed by atoms with E-state index < -0.39 is 14.6 Å². The maximum Gasteiger partial charge on any atom is 0.194 e. The molecule has 0 saturated carbocycles. The highest BCUT2D eigenvalue weighted by atomic mass is 127. The normalized spacial score (nSPS) is 18.2. The Morgan fingerprint density at radius 3 is 2.57 bits per heavy atom. The molecule has 2 rings (SSSR count). The number of nitrogens with zero attached hydrogens (tertiary/aromatic N) is 2. The number of hydrogen-bond acceptors (Lipinski definition) is 5. The van der Waals surface area contributed by atoms with Gasteiger partial charge < -0.3 is 19.7 Å². The van der Waals surface area contributed by atoms with Crippen molar-refractivity contribution in [1.29, 1.82) is 0 Å². The summed E-state index contributed by atoms with van der Waals surface area (Å²) in [5.41, 5.74) is 0.999. The minimum atomic E-state index is -3.08. The van der Waals surface area contributed by atoms with Gasteiger partial charge in [0.05, 0.1) is 30.8 Å². The molecule has 1 aromatic rings. The lowest BCUT2D eigenvalue weighted by molar-refractivity contribution is 0.310. The number of aliphatic imine (C=N–C) groups is 1. The summed E-state index contributed by atoms with van der Waals surface area (Å²) in [5.74, 6) is 2.26. The number of nitrogens with one attached hydrogen (secondary N) is 1. The average Bonchev–Trinajstić information content (AvgIpc) is 2.61. The molecule has 0 atom stereocenters. The molecule has 1 N–H and O–H groups in total. The lowest BCUT2D eigenvalue weighted by atomic mass is 10.2. The molecule has 0 aromatic heterocycles. The van der Waals surface area contributed by atoms with Crippen LogP contribution >= 0.6 is 24.0 Å². The van der Waals surface area contributed by atoms with Crippen LogP contribution in [0.4, 0.5) is 0 Å². The summed E-state index contributed by atoms with van der Waals surface area (Å²) in [6, 6.07) is 5.76. The van der Waals surface area contributed by atoms with E-state index in [1.54, 1.807) is 21.0 Å².